The fourth-order valence-corrected chi connectivity index (χ4v) is 4.12. The zero-order valence-corrected chi connectivity index (χ0v) is 14.6. The molecular weight excluding hydrogens is 344 g/mol. The second kappa shape index (κ2) is 6.07. The number of likely N-dealkylation sites (N-methyl/N-ethyl adjacent to an activating group) is 1. The largest absolute Gasteiger partial charge is 0.480 e. The van der Waals surface area contributed by atoms with Crippen molar-refractivity contribution in [2.24, 2.45) is 0 Å². The van der Waals surface area contributed by atoms with Crippen LogP contribution in [0.25, 0.3) is 10.2 Å². The van der Waals surface area contributed by atoms with Gasteiger partial charge in [-0.1, -0.05) is 35.1 Å². The number of rotatable bonds is 3. The number of para-hydroxylation sites is 1. The molecule has 4 rings (SSSR count). The number of carbonyl (C=O) groups is 1. The minimum atomic E-state index is -0.523. The Hall–Kier alpha value is -2.11. The van der Waals surface area contributed by atoms with Gasteiger partial charge in [0.05, 0.1) is 10.2 Å². The van der Waals surface area contributed by atoms with Crippen molar-refractivity contribution >= 4 is 44.2 Å². The molecule has 0 N–H and O–H groups in total. The molecule has 0 aliphatic carbocycles. The van der Waals surface area contributed by atoms with Gasteiger partial charge in [0.25, 0.3) is 5.91 Å². The van der Waals surface area contributed by atoms with E-state index in [1.165, 1.54) is 11.3 Å². The minimum absolute atomic E-state index is 0.0659. The molecule has 0 saturated heterocycles. The predicted octanol–water partition coefficient (Wildman–Crippen LogP) is 4.31. The first kappa shape index (κ1) is 15.4. The van der Waals surface area contributed by atoms with E-state index < -0.39 is 6.10 Å². The summed E-state index contributed by atoms with van der Waals surface area (Å²) in [6.45, 7) is 2.50. The van der Waals surface area contributed by atoms with Gasteiger partial charge in [-0.05, 0) is 42.8 Å². The summed E-state index contributed by atoms with van der Waals surface area (Å²) in [6, 6.07) is 13.3. The molecule has 4 nitrogen and oxygen atoms in total. The number of nitrogens with zero attached hydrogens (tertiary/aromatic N) is 2. The molecule has 1 atom stereocenters. The van der Waals surface area contributed by atoms with E-state index in [0.29, 0.717) is 23.1 Å². The molecule has 0 spiro atoms. The third-order valence-corrected chi connectivity index (χ3v) is 5.36. The van der Waals surface area contributed by atoms with Crippen LogP contribution in [0.4, 0.5) is 5.13 Å². The van der Waals surface area contributed by atoms with E-state index in [1.807, 2.05) is 43.3 Å². The van der Waals surface area contributed by atoms with Crippen LogP contribution >= 0.6 is 22.9 Å². The van der Waals surface area contributed by atoms with Crippen molar-refractivity contribution in [3.63, 3.8) is 0 Å². The molecule has 3 aromatic rings. The first-order chi connectivity index (χ1) is 11.7. The average molecular weight is 359 g/mol. The third kappa shape index (κ3) is 2.64. The van der Waals surface area contributed by atoms with E-state index in [-0.39, 0.29) is 5.91 Å². The number of hydrogen-bond acceptors (Lipinski definition) is 4. The van der Waals surface area contributed by atoms with Crippen LogP contribution in [-0.4, -0.2) is 23.5 Å². The van der Waals surface area contributed by atoms with E-state index in [4.69, 9.17) is 16.3 Å². The lowest BCUT2D eigenvalue weighted by Gasteiger charge is -2.21. The number of anilines is 1. The molecule has 1 aromatic heterocycles. The van der Waals surface area contributed by atoms with Gasteiger partial charge in [-0.25, -0.2) is 4.98 Å². The molecule has 0 unspecified atom stereocenters. The Bertz CT molecular complexity index is 891. The first-order valence-corrected chi connectivity index (χ1v) is 8.97. The van der Waals surface area contributed by atoms with Crippen molar-refractivity contribution in [2.75, 3.05) is 11.4 Å². The van der Waals surface area contributed by atoms with E-state index in [2.05, 4.69) is 4.98 Å². The van der Waals surface area contributed by atoms with Crippen molar-refractivity contribution < 1.29 is 9.53 Å². The van der Waals surface area contributed by atoms with Gasteiger partial charge in [0.1, 0.15) is 5.75 Å². The maximum Gasteiger partial charge on any atom is 0.270 e. The smallest absolute Gasteiger partial charge is 0.270 e. The third-order valence-electron chi connectivity index (χ3n) is 4.07. The Balaban J connectivity index is 1.60. The molecular formula is C18H15ClN2O2S. The van der Waals surface area contributed by atoms with Crippen molar-refractivity contribution in [3.8, 4) is 5.75 Å². The highest BCUT2D eigenvalue weighted by molar-refractivity contribution is 7.22. The predicted molar refractivity (Wildman–Crippen MR) is 97.2 cm³/mol. The lowest BCUT2D eigenvalue weighted by molar-refractivity contribution is -0.124. The second-order valence-corrected chi connectivity index (χ2v) is 7.05. The summed E-state index contributed by atoms with van der Waals surface area (Å²) in [5.74, 6) is 0.669. The van der Waals surface area contributed by atoms with Gasteiger partial charge in [0.15, 0.2) is 11.2 Å². The highest BCUT2D eigenvalue weighted by atomic mass is 35.5. The SMILES string of the molecule is CCN(C(=O)[C@H]1Cc2cc(Cl)ccc2O1)c1nc2ccccc2s1. The number of halogens is 1. The lowest BCUT2D eigenvalue weighted by Crippen LogP contribution is -2.41. The molecule has 0 fully saturated rings. The van der Waals surface area contributed by atoms with Crippen LogP contribution in [0.15, 0.2) is 42.5 Å². The number of ether oxygens (including phenoxy) is 1. The fraction of sp³-hybridized carbons (Fsp3) is 0.222. The van der Waals surface area contributed by atoms with Gasteiger partial charge in [-0.15, -0.1) is 0 Å². The van der Waals surface area contributed by atoms with E-state index in [0.717, 1.165) is 21.5 Å². The zero-order valence-electron chi connectivity index (χ0n) is 13.0. The van der Waals surface area contributed by atoms with Gasteiger partial charge in [-0.3, -0.25) is 9.69 Å². The van der Waals surface area contributed by atoms with Crippen molar-refractivity contribution in [1.29, 1.82) is 0 Å². The molecule has 2 heterocycles. The first-order valence-electron chi connectivity index (χ1n) is 7.77. The average Bonchev–Trinajstić information content (AvgIpc) is 3.18. The van der Waals surface area contributed by atoms with Crippen LogP contribution < -0.4 is 9.64 Å². The fourth-order valence-electron chi connectivity index (χ4n) is 2.89. The summed E-state index contributed by atoms with van der Waals surface area (Å²) in [7, 11) is 0. The summed E-state index contributed by atoms with van der Waals surface area (Å²) in [5.41, 5.74) is 1.88. The summed E-state index contributed by atoms with van der Waals surface area (Å²) in [4.78, 5) is 19.2. The molecule has 1 aliphatic heterocycles. The topological polar surface area (TPSA) is 42.4 Å². The van der Waals surface area contributed by atoms with Gasteiger partial charge in [-0.2, -0.15) is 0 Å². The summed E-state index contributed by atoms with van der Waals surface area (Å²) < 4.78 is 6.90. The Morgan fingerprint density at radius 1 is 1.38 bits per heavy atom. The number of aromatic nitrogens is 1. The van der Waals surface area contributed by atoms with E-state index in [1.54, 1.807) is 11.0 Å². The molecule has 6 heteroatoms. The van der Waals surface area contributed by atoms with Crippen molar-refractivity contribution in [1.82, 2.24) is 4.98 Å². The summed E-state index contributed by atoms with van der Waals surface area (Å²) in [6.07, 6.45) is 0.0151. The van der Waals surface area contributed by atoms with Gasteiger partial charge >= 0.3 is 0 Å². The van der Waals surface area contributed by atoms with Gasteiger partial charge < -0.3 is 4.74 Å². The van der Waals surface area contributed by atoms with Crippen LogP contribution in [0.3, 0.4) is 0 Å². The van der Waals surface area contributed by atoms with Crippen LogP contribution in [0.5, 0.6) is 5.75 Å². The van der Waals surface area contributed by atoms with Crippen molar-refractivity contribution in [2.45, 2.75) is 19.4 Å². The molecule has 1 amide bonds. The molecule has 1 aliphatic rings. The maximum absolute atomic E-state index is 12.9. The second-order valence-electron chi connectivity index (χ2n) is 5.61. The van der Waals surface area contributed by atoms with Crippen LogP contribution in [-0.2, 0) is 11.2 Å². The van der Waals surface area contributed by atoms with Crippen LogP contribution in [0.1, 0.15) is 12.5 Å². The highest BCUT2D eigenvalue weighted by Crippen LogP contribution is 2.34. The molecule has 0 saturated carbocycles. The molecule has 2 aromatic carbocycles. The summed E-state index contributed by atoms with van der Waals surface area (Å²) >= 11 is 7.54. The van der Waals surface area contributed by atoms with E-state index >= 15 is 0 Å². The monoisotopic (exact) mass is 358 g/mol. The lowest BCUT2D eigenvalue weighted by atomic mass is 10.1. The quantitative estimate of drug-likeness (QED) is 0.700. The number of hydrogen-bond donors (Lipinski definition) is 0. The van der Waals surface area contributed by atoms with Crippen LogP contribution in [0.2, 0.25) is 5.02 Å². The Kier molecular flexibility index (Phi) is 3.90. The number of carbonyl (C=O) groups excluding carboxylic acids is 1. The normalized spacial score (nSPS) is 16.0. The molecule has 0 bridgehead atoms. The highest BCUT2D eigenvalue weighted by Gasteiger charge is 2.33. The number of thiazole rings is 1. The molecule has 0 radical (unpaired) electrons. The number of benzene rings is 2. The number of amides is 1. The Morgan fingerprint density at radius 3 is 3.00 bits per heavy atom. The minimum Gasteiger partial charge on any atom is -0.480 e. The van der Waals surface area contributed by atoms with Gasteiger partial charge in [0, 0.05) is 18.0 Å². The Morgan fingerprint density at radius 2 is 2.21 bits per heavy atom. The number of fused-ring (bicyclic) bond motifs is 2. The Labute approximate surface area is 148 Å². The zero-order chi connectivity index (χ0) is 16.7. The maximum atomic E-state index is 12.9. The van der Waals surface area contributed by atoms with Gasteiger partial charge in [0.2, 0.25) is 0 Å². The summed E-state index contributed by atoms with van der Waals surface area (Å²) in [5, 5.41) is 1.37. The molecule has 24 heavy (non-hydrogen) atoms. The molecule has 122 valence electrons. The van der Waals surface area contributed by atoms with Crippen LogP contribution in [0, 0.1) is 0 Å². The van der Waals surface area contributed by atoms with Crippen molar-refractivity contribution in [3.05, 3.63) is 53.1 Å². The van der Waals surface area contributed by atoms with E-state index in [9.17, 15) is 4.79 Å². The standard InChI is InChI=1S/C18H15ClN2O2S/c1-2-21(18-20-13-5-3-4-6-16(13)24-18)17(22)15-10-11-9-12(19)7-8-14(11)23-15/h3-9,15H,2,10H2,1H3/t15-/m1/s1.